The van der Waals surface area contributed by atoms with E-state index in [2.05, 4.69) is 4.90 Å². The summed E-state index contributed by atoms with van der Waals surface area (Å²) < 4.78 is 10.9. The van der Waals surface area contributed by atoms with Crippen molar-refractivity contribution in [2.75, 3.05) is 46.0 Å². The van der Waals surface area contributed by atoms with Crippen LogP contribution in [0.4, 0.5) is 0 Å². The molecular formula is C26H29ClN2O5. The average molecular weight is 485 g/mol. The summed E-state index contributed by atoms with van der Waals surface area (Å²) in [6.45, 7) is 6.78. The number of benzene rings is 2. The number of ketones is 1. The summed E-state index contributed by atoms with van der Waals surface area (Å²) in [6, 6.07) is 13.2. The van der Waals surface area contributed by atoms with Crippen LogP contribution in [0.25, 0.3) is 5.76 Å². The van der Waals surface area contributed by atoms with Crippen molar-refractivity contribution < 1.29 is 24.2 Å². The molecule has 0 aromatic heterocycles. The predicted molar refractivity (Wildman–Crippen MR) is 130 cm³/mol. The van der Waals surface area contributed by atoms with Crippen LogP contribution in [0.1, 0.15) is 30.5 Å². The molecule has 1 amide bonds. The summed E-state index contributed by atoms with van der Waals surface area (Å²) in [5.41, 5.74) is 1.26. The zero-order valence-electron chi connectivity index (χ0n) is 19.2. The Morgan fingerprint density at radius 3 is 2.38 bits per heavy atom. The number of nitrogens with zero attached hydrogens (tertiary/aromatic N) is 2. The van der Waals surface area contributed by atoms with Crippen molar-refractivity contribution in [3.8, 4) is 5.75 Å². The van der Waals surface area contributed by atoms with Crippen molar-refractivity contribution >= 4 is 29.1 Å². The van der Waals surface area contributed by atoms with Crippen molar-refractivity contribution in [1.29, 1.82) is 0 Å². The number of carbonyl (C=O) groups excluding carboxylic acids is 2. The number of hydrogen-bond donors (Lipinski definition) is 1. The number of amides is 1. The van der Waals surface area contributed by atoms with E-state index < -0.39 is 17.7 Å². The zero-order valence-corrected chi connectivity index (χ0v) is 20.0. The molecule has 0 spiro atoms. The molecule has 180 valence electrons. The third kappa shape index (κ3) is 5.27. The van der Waals surface area contributed by atoms with Gasteiger partial charge in [0.15, 0.2) is 0 Å². The van der Waals surface area contributed by atoms with Gasteiger partial charge in [0.05, 0.1) is 31.4 Å². The molecule has 0 radical (unpaired) electrons. The van der Waals surface area contributed by atoms with Crippen LogP contribution >= 0.6 is 11.6 Å². The highest BCUT2D eigenvalue weighted by molar-refractivity contribution is 6.46. The highest BCUT2D eigenvalue weighted by atomic mass is 35.5. The van der Waals surface area contributed by atoms with Gasteiger partial charge in [0, 0.05) is 36.8 Å². The molecular weight excluding hydrogens is 456 g/mol. The van der Waals surface area contributed by atoms with E-state index >= 15 is 0 Å². The second kappa shape index (κ2) is 11.0. The standard InChI is InChI=1S/C26H29ClN2O5/c1-2-34-21-10-6-18(7-11-21)23-22(24(30)19-4-8-20(27)9-5-19)25(31)26(32)29(23)13-3-12-28-14-16-33-17-15-28/h4-11,23,30H,2-3,12-17H2,1H3/b24-22+/t23-/m1/s1. The van der Waals surface area contributed by atoms with Gasteiger partial charge in [-0.15, -0.1) is 0 Å². The first-order valence-corrected chi connectivity index (χ1v) is 11.9. The lowest BCUT2D eigenvalue weighted by Crippen LogP contribution is -2.38. The largest absolute Gasteiger partial charge is 0.507 e. The number of morpholine rings is 1. The molecule has 0 aliphatic carbocycles. The van der Waals surface area contributed by atoms with E-state index in [4.69, 9.17) is 21.1 Å². The van der Waals surface area contributed by atoms with Crippen molar-refractivity contribution in [1.82, 2.24) is 9.80 Å². The van der Waals surface area contributed by atoms with Crippen LogP contribution in [-0.4, -0.2) is 72.6 Å². The van der Waals surface area contributed by atoms with Gasteiger partial charge in [-0.05, 0) is 55.3 Å². The van der Waals surface area contributed by atoms with Crippen LogP contribution in [0, 0.1) is 0 Å². The van der Waals surface area contributed by atoms with Gasteiger partial charge in [0.2, 0.25) is 0 Å². The van der Waals surface area contributed by atoms with Crippen LogP contribution < -0.4 is 4.74 Å². The van der Waals surface area contributed by atoms with Gasteiger partial charge in [-0.3, -0.25) is 14.5 Å². The van der Waals surface area contributed by atoms with Gasteiger partial charge >= 0.3 is 0 Å². The maximum absolute atomic E-state index is 13.1. The van der Waals surface area contributed by atoms with E-state index in [-0.39, 0.29) is 11.3 Å². The Morgan fingerprint density at radius 1 is 1.06 bits per heavy atom. The van der Waals surface area contributed by atoms with E-state index in [9.17, 15) is 14.7 Å². The molecule has 2 aromatic rings. The Balaban J connectivity index is 1.66. The Morgan fingerprint density at radius 2 is 1.74 bits per heavy atom. The molecule has 2 aromatic carbocycles. The van der Waals surface area contributed by atoms with E-state index in [1.165, 1.54) is 0 Å². The Labute approximate surface area is 204 Å². The molecule has 2 aliphatic heterocycles. The molecule has 0 unspecified atom stereocenters. The van der Waals surface area contributed by atoms with Gasteiger partial charge in [0.1, 0.15) is 11.5 Å². The van der Waals surface area contributed by atoms with Crippen LogP contribution in [0.2, 0.25) is 5.02 Å². The summed E-state index contributed by atoms with van der Waals surface area (Å²) in [7, 11) is 0. The lowest BCUT2D eigenvalue weighted by atomic mass is 9.95. The number of ether oxygens (including phenoxy) is 2. The summed E-state index contributed by atoms with van der Waals surface area (Å²) in [6.07, 6.45) is 0.710. The summed E-state index contributed by atoms with van der Waals surface area (Å²) in [4.78, 5) is 30.1. The molecule has 2 heterocycles. The predicted octanol–water partition coefficient (Wildman–Crippen LogP) is 3.88. The van der Waals surface area contributed by atoms with Crippen LogP contribution in [-0.2, 0) is 14.3 Å². The fourth-order valence-electron chi connectivity index (χ4n) is 4.42. The number of likely N-dealkylation sites (tertiary alicyclic amines) is 1. The van der Waals surface area contributed by atoms with Crippen molar-refractivity contribution in [2.45, 2.75) is 19.4 Å². The first-order chi connectivity index (χ1) is 16.5. The molecule has 1 atom stereocenters. The summed E-state index contributed by atoms with van der Waals surface area (Å²) in [5, 5.41) is 11.6. The number of hydrogen-bond acceptors (Lipinski definition) is 6. The molecule has 4 rings (SSSR count). The fourth-order valence-corrected chi connectivity index (χ4v) is 4.55. The minimum Gasteiger partial charge on any atom is -0.507 e. The van der Waals surface area contributed by atoms with E-state index in [1.807, 2.05) is 31.2 Å². The number of carbonyl (C=O) groups is 2. The average Bonchev–Trinajstić information content (AvgIpc) is 3.10. The number of aliphatic hydroxyl groups is 1. The summed E-state index contributed by atoms with van der Waals surface area (Å²) >= 11 is 5.99. The number of Topliss-reactive ketones (excluding diaryl/α,β-unsaturated/α-hetero) is 1. The molecule has 34 heavy (non-hydrogen) atoms. The molecule has 2 fully saturated rings. The maximum Gasteiger partial charge on any atom is 0.295 e. The van der Waals surface area contributed by atoms with Gasteiger partial charge in [-0.1, -0.05) is 23.7 Å². The zero-order chi connectivity index (χ0) is 24.1. The van der Waals surface area contributed by atoms with Gasteiger partial charge in [0.25, 0.3) is 11.7 Å². The third-order valence-corrected chi connectivity index (χ3v) is 6.39. The summed E-state index contributed by atoms with van der Waals surface area (Å²) in [5.74, 6) is -0.785. The minimum absolute atomic E-state index is 0.0860. The second-order valence-corrected chi connectivity index (χ2v) is 8.75. The van der Waals surface area contributed by atoms with E-state index in [0.717, 1.165) is 25.2 Å². The smallest absolute Gasteiger partial charge is 0.295 e. The Bertz CT molecular complexity index is 1050. The van der Waals surface area contributed by atoms with Crippen molar-refractivity contribution in [2.24, 2.45) is 0 Å². The topological polar surface area (TPSA) is 79.3 Å². The van der Waals surface area contributed by atoms with Gasteiger partial charge in [-0.2, -0.15) is 0 Å². The van der Waals surface area contributed by atoms with Crippen LogP contribution in [0.5, 0.6) is 5.75 Å². The Kier molecular flexibility index (Phi) is 7.88. The highest BCUT2D eigenvalue weighted by Gasteiger charge is 2.45. The number of rotatable bonds is 8. The van der Waals surface area contributed by atoms with Crippen LogP contribution in [0.3, 0.4) is 0 Å². The minimum atomic E-state index is -0.684. The van der Waals surface area contributed by atoms with Crippen LogP contribution in [0.15, 0.2) is 54.1 Å². The number of halogens is 1. The molecule has 8 heteroatoms. The van der Waals surface area contributed by atoms with E-state index in [1.54, 1.807) is 29.2 Å². The first-order valence-electron chi connectivity index (χ1n) is 11.6. The molecule has 2 aliphatic rings. The molecule has 0 bridgehead atoms. The Hall–Kier alpha value is -2.87. The molecule has 1 N–H and O–H groups in total. The van der Waals surface area contributed by atoms with E-state index in [0.29, 0.717) is 49.1 Å². The number of aliphatic hydroxyl groups excluding tert-OH is 1. The maximum atomic E-state index is 13.1. The SMILES string of the molecule is CCOc1ccc([C@@H]2/C(=C(\O)c3ccc(Cl)cc3)C(=O)C(=O)N2CCCN2CCOCC2)cc1. The molecule has 7 nitrogen and oxygen atoms in total. The molecule has 2 saturated heterocycles. The van der Waals surface area contributed by atoms with Gasteiger partial charge < -0.3 is 19.5 Å². The lowest BCUT2D eigenvalue weighted by molar-refractivity contribution is -0.140. The third-order valence-electron chi connectivity index (χ3n) is 6.14. The fraction of sp³-hybridized carbons (Fsp3) is 0.385. The lowest BCUT2D eigenvalue weighted by Gasteiger charge is -2.29. The van der Waals surface area contributed by atoms with Crippen molar-refractivity contribution in [3.05, 3.63) is 70.3 Å². The highest BCUT2D eigenvalue weighted by Crippen LogP contribution is 2.40. The normalized spacial score (nSPS) is 20.6. The van der Waals surface area contributed by atoms with Gasteiger partial charge in [-0.25, -0.2) is 0 Å². The quantitative estimate of drug-likeness (QED) is 0.348. The second-order valence-electron chi connectivity index (χ2n) is 8.31. The van der Waals surface area contributed by atoms with Crippen molar-refractivity contribution in [3.63, 3.8) is 0 Å². The monoisotopic (exact) mass is 484 g/mol. The molecule has 0 saturated carbocycles. The first kappa shape index (κ1) is 24.3.